The normalized spacial score (nSPS) is 14.2. The molecule has 0 saturated heterocycles. The molecule has 0 amide bonds. The smallest absolute Gasteiger partial charge is 0.462 e. The minimum atomic E-state index is -4.94. The third-order valence-electron chi connectivity index (χ3n) is 15.0. The lowest BCUT2D eigenvalue weighted by atomic mass is 10.0. The number of aliphatic hydroxyl groups excluding tert-OH is 1. The second kappa shape index (κ2) is 58.7. The van der Waals surface area contributed by atoms with E-state index in [1.807, 2.05) is 0 Å². The van der Waals surface area contributed by atoms with Crippen molar-refractivity contribution in [2.24, 2.45) is 5.92 Å². The Bertz CT molecular complexity index is 1640. The van der Waals surface area contributed by atoms with E-state index in [1.165, 1.54) is 148 Å². The molecule has 0 saturated carbocycles. The maximum atomic E-state index is 13.0. The van der Waals surface area contributed by atoms with Crippen molar-refractivity contribution in [1.29, 1.82) is 0 Å². The van der Waals surface area contributed by atoms with Crippen LogP contribution in [0.4, 0.5) is 0 Å². The molecule has 0 heterocycles. The highest BCUT2D eigenvalue weighted by Crippen LogP contribution is 2.45. The van der Waals surface area contributed by atoms with E-state index in [2.05, 4.69) is 34.6 Å². The maximum Gasteiger partial charge on any atom is 0.472 e. The molecule has 0 aromatic rings. The van der Waals surface area contributed by atoms with Crippen molar-refractivity contribution >= 4 is 39.5 Å². The standard InChI is InChI=1S/C65H126O17P2/c1-6-9-12-15-18-21-24-25-26-27-28-31-34-41-46-51-65(70)81-60(54-75-62(67)48-43-38-32-29-22-19-16-13-10-7-2)56-79-83(71,72)77-52-59(66)53-78-84(73,74)80-57-61(55-76-63(68)49-44-39-36-35-37-42-47-58(4)5)82-64(69)50-45-40-33-30-23-20-17-14-11-8-3/h58-61,66H,6-57H2,1-5H3,(H,71,72)(H,73,74)/t59-,60-,61-/m1/s1. The number of ether oxygens (including phenoxy) is 4. The molecule has 84 heavy (non-hydrogen) atoms. The Balaban J connectivity index is 5.22. The number of hydrogen-bond acceptors (Lipinski definition) is 15. The van der Waals surface area contributed by atoms with E-state index in [0.717, 1.165) is 96.3 Å². The number of esters is 4. The number of phosphoric acid groups is 2. The van der Waals surface area contributed by atoms with E-state index in [1.54, 1.807) is 0 Å². The topological polar surface area (TPSA) is 237 Å². The quantitative estimate of drug-likeness (QED) is 0.0222. The van der Waals surface area contributed by atoms with Crippen LogP contribution in [0, 0.1) is 5.92 Å². The van der Waals surface area contributed by atoms with E-state index in [9.17, 15) is 43.2 Å². The summed E-state index contributed by atoms with van der Waals surface area (Å²) in [5.41, 5.74) is 0. The Morgan fingerprint density at radius 1 is 0.321 bits per heavy atom. The maximum absolute atomic E-state index is 13.0. The molecule has 17 nitrogen and oxygen atoms in total. The molecule has 3 N–H and O–H groups in total. The number of hydrogen-bond donors (Lipinski definition) is 3. The molecule has 498 valence electrons. The third kappa shape index (κ3) is 59.0. The Hall–Kier alpha value is -1.94. The van der Waals surface area contributed by atoms with Crippen LogP contribution in [-0.4, -0.2) is 96.7 Å². The summed E-state index contributed by atoms with van der Waals surface area (Å²) in [6.45, 7) is 7.11. The summed E-state index contributed by atoms with van der Waals surface area (Å²) in [6, 6.07) is 0. The van der Waals surface area contributed by atoms with Crippen LogP contribution in [0.25, 0.3) is 0 Å². The molecule has 0 bridgehead atoms. The summed E-state index contributed by atoms with van der Waals surface area (Å²) in [7, 11) is -9.88. The van der Waals surface area contributed by atoms with Gasteiger partial charge in [-0.25, -0.2) is 9.13 Å². The first-order valence-electron chi connectivity index (χ1n) is 34.1. The lowest BCUT2D eigenvalue weighted by molar-refractivity contribution is -0.161. The monoisotopic (exact) mass is 1240 g/mol. The van der Waals surface area contributed by atoms with E-state index in [-0.39, 0.29) is 25.7 Å². The molecule has 19 heteroatoms. The highest BCUT2D eigenvalue weighted by Gasteiger charge is 2.30. The number of rotatable bonds is 65. The van der Waals surface area contributed by atoms with Gasteiger partial charge >= 0.3 is 39.5 Å². The number of carbonyl (C=O) groups is 4. The van der Waals surface area contributed by atoms with Gasteiger partial charge in [-0.2, -0.15) is 0 Å². The van der Waals surface area contributed by atoms with Crippen LogP contribution >= 0.6 is 15.6 Å². The number of carbonyl (C=O) groups excluding carboxylic acids is 4. The van der Waals surface area contributed by atoms with Crippen molar-refractivity contribution in [1.82, 2.24) is 0 Å². The summed E-state index contributed by atoms with van der Waals surface area (Å²) < 4.78 is 68.0. The van der Waals surface area contributed by atoms with Crippen LogP contribution in [0.1, 0.15) is 330 Å². The Kier molecular flexibility index (Phi) is 57.4. The number of unbranched alkanes of at least 4 members (excludes halogenated alkanes) is 37. The second-order valence-electron chi connectivity index (χ2n) is 24.0. The van der Waals surface area contributed by atoms with Gasteiger partial charge in [0.2, 0.25) is 0 Å². The van der Waals surface area contributed by atoms with Gasteiger partial charge in [0.1, 0.15) is 19.3 Å². The van der Waals surface area contributed by atoms with Gasteiger partial charge in [0.05, 0.1) is 26.4 Å². The van der Waals surface area contributed by atoms with E-state index in [0.29, 0.717) is 31.6 Å². The first kappa shape index (κ1) is 82.1. The van der Waals surface area contributed by atoms with Gasteiger partial charge in [-0.15, -0.1) is 0 Å². The molecule has 0 spiro atoms. The predicted molar refractivity (Wildman–Crippen MR) is 335 cm³/mol. The molecule has 5 atom stereocenters. The zero-order valence-corrected chi connectivity index (χ0v) is 55.8. The Morgan fingerprint density at radius 3 is 0.810 bits per heavy atom. The summed E-state index contributed by atoms with van der Waals surface area (Å²) in [4.78, 5) is 72.2. The molecule has 0 aliphatic carbocycles. The predicted octanol–water partition coefficient (Wildman–Crippen LogP) is 18.2. The van der Waals surface area contributed by atoms with Gasteiger partial charge in [-0.3, -0.25) is 37.3 Å². The molecule has 0 aromatic carbocycles. The summed E-state index contributed by atoms with van der Waals surface area (Å²) >= 11 is 0. The zero-order chi connectivity index (χ0) is 62.0. The Morgan fingerprint density at radius 2 is 0.548 bits per heavy atom. The summed E-state index contributed by atoms with van der Waals surface area (Å²) in [6.07, 6.45) is 43.1. The fraction of sp³-hybridized carbons (Fsp3) is 0.938. The van der Waals surface area contributed by atoms with Gasteiger partial charge in [-0.1, -0.05) is 279 Å². The van der Waals surface area contributed by atoms with Crippen molar-refractivity contribution in [2.45, 2.75) is 348 Å². The first-order chi connectivity index (χ1) is 40.5. The molecule has 0 rings (SSSR count). The zero-order valence-electron chi connectivity index (χ0n) is 54.0. The van der Waals surface area contributed by atoms with Crippen LogP contribution < -0.4 is 0 Å². The van der Waals surface area contributed by atoms with E-state index in [4.69, 9.17) is 37.0 Å². The molecule has 0 aliphatic heterocycles. The third-order valence-corrected chi connectivity index (χ3v) is 16.9. The number of aliphatic hydroxyl groups is 1. The van der Waals surface area contributed by atoms with E-state index >= 15 is 0 Å². The SMILES string of the molecule is CCCCCCCCCCCCCCCCCC(=O)O[C@H](COC(=O)CCCCCCCCCCCC)COP(=O)(O)OC[C@@H](O)COP(=O)(O)OC[C@@H](COC(=O)CCCCCCCCC(C)C)OC(=O)CCCCCCCCCCCC. The van der Waals surface area contributed by atoms with Gasteiger partial charge < -0.3 is 33.8 Å². The van der Waals surface area contributed by atoms with Gasteiger partial charge in [0.25, 0.3) is 0 Å². The van der Waals surface area contributed by atoms with Crippen molar-refractivity contribution in [3.63, 3.8) is 0 Å². The molecule has 0 radical (unpaired) electrons. The van der Waals surface area contributed by atoms with Gasteiger partial charge in [0.15, 0.2) is 12.2 Å². The minimum absolute atomic E-state index is 0.105. The lowest BCUT2D eigenvalue weighted by Crippen LogP contribution is -2.30. The molecule has 2 unspecified atom stereocenters. The molecular weight excluding hydrogens is 1110 g/mol. The number of phosphoric ester groups is 2. The molecule has 0 aliphatic rings. The molecular formula is C65H126O17P2. The summed E-state index contributed by atoms with van der Waals surface area (Å²) in [5.74, 6) is -1.45. The van der Waals surface area contributed by atoms with Crippen molar-refractivity contribution < 1.29 is 80.2 Å². The average molecular weight is 1240 g/mol. The largest absolute Gasteiger partial charge is 0.472 e. The van der Waals surface area contributed by atoms with E-state index < -0.39 is 97.5 Å². The summed E-state index contributed by atoms with van der Waals surface area (Å²) in [5, 5.41) is 10.5. The van der Waals surface area contributed by atoms with Crippen LogP contribution in [0.5, 0.6) is 0 Å². The fourth-order valence-electron chi connectivity index (χ4n) is 9.76. The highest BCUT2D eigenvalue weighted by molar-refractivity contribution is 7.47. The fourth-order valence-corrected chi connectivity index (χ4v) is 11.3. The van der Waals surface area contributed by atoms with Crippen LogP contribution in [0.3, 0.4) is 0 Å². The highest BCUT2D eigenvalue weighted by atomic mass is 31.2. The van der Waals surface area contributed by atoms with Crippen LogP contribution in [0.2, 0.25) is 0 Å². The minimum Gasteiger partial charge on any atom is -0.462 e. The average Bonchev–Trinajstić information content (AvgIpc) is 3.56. The lowest BCUT2D eigenvalue weighted by Gasteiger charge is -2.21. The molecule has 0 fully saturated rings. The van der Waals surface area contributed by atoms with Crippen LogP contribution in [0.15, 0.2) is 0 Å². The van der Waals surface area contributed by atoms with Crippen molar-refractivity contribution in [2.75, 3.05) is 39.6 Å². The van der Waals surface area contributed by atoms with Gasteiger partial charge in [-0.05, 0) is 31.6 Å². The Labute approximate surface area is 511 Å². The van der Waals surface area contributed by atoms with Crippen LogP contribution in [-0.2, 0) is 65.4 Å². The molecule has 0 aromatic heterocycles. The van der Waals surface area contributed by atoms with Crippen molar-refractivity contribution in [3.05, 3.63) is 0 Å². The van der Waals surface area contributed by atoms with Crippen molar-refractivity contribution in [3.8, 4) is 0 Å². The second-order valence-corrected chi connectivity index (χ2v) is 26.9. The first-order valence-corrected chi connectivity index (χ1v) is 37.1. The van der Waals surface area contributed by atoms with Gasteiger partial charge in [0, 0.05) is 25.7 Å².